The second-order valence-corrected chi connectivity index (χ2v) is 7.17. The van der Waals surface area contributed by atoms with E-state index in [4.69, 9.17) is 4.74 Å². The van der Waals surface area contributed by atoms with Crippen molar-refractivity contribution in [3.8, 4) is 10.7 Å². The second-order valence-electron chi connectivity index (χ2n) is 6.22. The molecule has 1 aliphatic rings. The van der Waals surface area contributed by atoms with Crippen molar-refractivity contribution in [3.63, 3.8) is 0 Å². The number of benzene rings is 1. The van der Waals surface area contributed by atoms with Gasteiger partial charge in [0.1, 0.15) is 0 Å². The molecule has 1 N–H and O–H groups in total. The van der Waals surface area contributed by atoms with Crippen LogP contribution < -0.4 is 5.32 Å². The average molecular weight is 397 g/mol. The van der Waals surface area contributed by atoms with Crippen LogP contribution in [0.1, 0.15) is 28.8 Å². The summed E-state index contributed by atoms with van der Waals surface area (Å²) in [5.74, 6) is -0.993. The van der Waals surface area contributed by atoms with Crippen molar-refractivity contribution in [1.82, 2.24) is 20.2 Å². The van der Waals surface area contributed by atoms with Gasteiger partial charge in [0.15, 0.2) is 18.9 Å². The van der Waals surface area contributed by atoms with Crippen molar-refractivity contribution in [2.24, 2.45) is 0 Å². The summed E-state index contributed by atoms with van der Waals surface area (Å²) < 4.78 is 5.03. The molecular formula is C18H15N5O4S. The Balaban J connectivity index is 1.34. The van der Waals surface area contributed by atoms with E-state index < -0.39 is 12.6 Å². The van der Waals surface area contributed by atoms with Crippen LogP contribution in [0.4, 0.5) is 5.69 Å². The minimum Gasteiger partial charge on any atom is -0.456 e. The first kappa shape index (κ1) is 18.0. The molecule has 4 rings (SSSR count). The third kappa shape index (κ3) is 3.54. The largest absolute Gasteiger partial charge is 0.456 e. The molecule has 1 atom stereocenters. The molecule has 2 aromatic heterocycles. The first-order chi connectivity index (χ1) is 13.5. The molecule has 0 saturated heterocycles. The van der Waals surface area contributed by atoms with Crippen LogP contribution in [0.5, 0.6) is 0 Å². The standard InChI is InChI=1S/C18H15N5O4S/c1-10-12-7-11(4-5-13(12)19-18(10)26)14(24)9-27-16(25)8-23-21-17(20-22-23)15-3-2-6-28-15/h2-7,10H,8-9H2,1H3,(H,19,26)/t10-/m1/s1. The third-order valence-corrected chi connectivity index (χ3v) is 5.19. The normalized spacial score (nSPS) is 15.2. The highest BCUT2D eigenvalue weighted by atomic mass is 32.1. The number of hydrogen-bond acceptors (Lipinski definition) is 8. The highest BCUT2D eigenvalue weighted by Crippen LogP contribution is 2.32. The first-order valence-corrected chi connectivity index (χ1v) is 9.34. The van der Waals surface area contributed by atoms with E-state index in [0.717, 1.165) is 15.2 Å². The van der Waals surface area contributed by atoms with Gasteiger partial charge in [-0.1, -0.05) is 6.07 Å². The van der Waals surface area contributed by atoms with E-state index in [1.165, 1.54) is 11.3 Å². The Kier molecular flexibility index (Phi) is 4.70. The molecule has 0 bridgehead atoms. The monoisotopic (exact) mass is 397 g/mol. The summed E-state index contributed by atoms with van der Waals surface area (Å²) in [4.78, 5) is 37.9. The maximum absolute atomic E-state index is 12.3. The van der Waals surface area contributed by atoms with E-state index in [0.29, 0.717) is 17.1 Å². The number of hydrogen-bond donors (Lipinski definition) is 1. The number of fused-ring (bicyclic) bond motifs is 1. The molecule has 10 heteroatoms. The number of thiophene rings is 1. The van der Waals surface area contributed by atoms with Crippen LogP contribution >= 0.6 is 11.3 Å². The van der Waals surface area contributed by atoms with Crippen LogP contribution in [0.3, 0.4) is 0 Å². The summed E-state index contributed by atoms with van der Waals surface area (Å²) in [5, 5.41) is 16.4. The summed E-state index contributed by atoms with van der Waals surface area (Å²) in [6.45, 7) is 1.12. The number of amides is 1. The maximum Gasteiger partial charge on any atom is 0.330 e. The number of nitrogens with zero attached hydrogens (tertiary/aromatic N) is 4. The zero-order chi connectivity index (χ0) is 19.7. The number of tetrazole rings is 1. The van der Waals surface area contributed by atoms with Gasteiger partial charge in [-0.05, 0) is 47.3 Å². The molecule has 3 heterocycles. The molecular weight excluding hydrogens is 382 g/mol. The fraction of sp³-hybridized carbons (Fsp3) is 0.222. The Hall–Kier alpha value is -3.40. The molecule has 9 nitrogen and oxygen atoms in total. The van der Waals surface area contributed by atoms with Gasteiger partial charge >= 0.3 is 5.97 Å². The summed E-state index contributed by atoms with van der Waals surface area (Å²) in [7, 11) is 0. The van der Waals surface area contributed by atoms with Crippen LogP contribution in [0.15, 0.2) is 35.7 Å². The van der Waals surface area contributed by atoms with Crippen LogP contribution in [0.25, 0.3) is 10.7 Å². The number of carbonyl (C=O) groups excluding carboxylic acids is 3. The predicted molar refractivity (Wildman–Crippen MR) is 99.9 cm³/mol. The lowest BCUT2D eigenvalue weighted by Crippen LogP contribution is -2.20. The SMILES string of the molecule is C[C@H]1C(=O)Nc2ccc(C(=O)COC(=O)Cn3nnc(-c4cccs4)n3)cc21. The number of ether oxygens (including phenoxy) is 1. The van der Waals surface area contributed by atoms with Crippen molar-refractivity contribution in [1.29, 1.82) is 0 Å². The molecule has 0 fully saturated rings. The van der Waals surface area contributed by atoms with Gasteiger partial charge in [-0.25, -0.2) is 4.79 Å². The van der Waals surface area contributed by atoms with Gasteiger partial charge in [-0.3, -0.25) is 9.59 Å². The summed E-state index contributed by atoms with van der Waals surface area (Å²) in [6.07, 6.45) is 0. The smallest absolute Gasteiger partial charge is 0.330 e. The van der Waals surface area contributed by atoms with Gasteiger partial charge in [-0.15, -0.1) is 21.5 Å². The zero-order valence-corrected chi connectivity index (χ0v) is 15.6. The molecule has 0 radical (unpaired) electrons. The fourth-order valence-corrected chi connectivity index (χ4v) is 3.44. The van der Waals surface area contributed by atoms with Gasteiger partial charge in [0, 0.05) is 11.3 Å². The zero-order valence-electron chi connectivity index (χ0n) is 14.8. The number of anilines is 1. The van der Waals surface area contributed by atoms with Gasteiger partial charge in [0.2, 0.25) is 11.7 Å². The topological polar surface area (TPSA) is 116 Å². The molecule has 3 aromatic rings. The molecule has 0 saturated carbocycles. The Labute approximate surface area is 163 Å². The van der Waals surface area contributed by atoms with E-state index in [1.807, 2.05) is 17.5 Å². The minimum atomic E-state index is -0.644. The number of carbonyl (C=O) groups is 3. The highest BCUT2D eigenvalue weighted by Gasteiger charge is 2.27. The second kappa shape index (κ2) is 7.31. The van der Waals surface area contributed by atoms with Crippen LogP contribution in [-0.2, 0) is 20.9 Å². The minimum absolute atomic E-state index is 0.103. The van der Waals surface area contributed by atoms with Crippen LogP contribution in [0.2, 0.25) is 0 Å². The fourth-order valence-electron chi connectivity index (χ4n) is 2.80. The number of esters is 1. The van der Waals surface area contributed by atoms with Crippen molar-refractivity contribution >= 4 is 34.7 Å². The maximum atomic E-state index is 12.3. The average Bonchev–Trinajstić information content (AvgIpc) is 3.41. The lowest BCUT2D eigenvalue weighted by atomic mass is 9.99. The van der Waals surface area contributed by atoms with Gasteiger partial charge in [0.05, 0.1) is 10.8 Å². The molecule has 1 aliphatic heterocycles. The Bertz CT molecular complexity index is 1060. The van der Waals surface area contributed by atoms with Crippen molar-refractivity contribution in [2.75, 3.05) is 11.9 Å². The number of ketones is 1. The van der Waals surface area contributed by atoms with Crippen molar-refractivity contribution in [2.45, 2.75) is 19.4 Å². The van der Waals surface area contributed by atoms with Gasteiger partial charge in [-0.2, -0.15) is 4.80 Å². The Morgan fingerprint density at radius 2 is 2.18 bits per heavy atom. The number of rotatable bonds is 6. The van der Waals surface area contributed by atoms with Crippen molar-refractivity contribution in [3.05, 3.63) is 46.8 Å². The highest BCUT2D eigenvalue weighted by molar-refractivity contribution is 7.13. The van der Waals surface area contributed by atoms with E-state index in [2.05, 4.69) is 20.7 Å². The predicted octanol–water partition coefficient (Wildman–Crippen LogP) is 1.88. The van der Waals surface area contributed by atoms with E-state index in [9.17, 15) is 14.4 Å². The summed E-state index contributed by atoms with van der Waals surface area (Å²) in [6, 6.07) is 8.65. The molecule has 0 spiro atoms. The van der Waals surface area contributed by atoms with E-state index >= 15 is 0 Å². The summed E-state index contributed by atoms with van der Waals surface area (Å²) in [5.41, 5.74) is 1.84. The van der Waals surface area contributed by atoms with Gasteiger partial charge < -0.3 is 10.1 Å². The quantitative estimate of drug-likeness (QED) is 0.499. The van der Waals surface area contributed by atoms with E-state index in [1.54, 1.807) is 25.1 Å². The van der Waals surface area contributed by atoms with E-state index in [-0.39, 0.29) is 24.2 Å². The molecule has 1 aromatic carbocycles. The molecule has 28 heavy (non-hydrogen) atoms. The number of aromatic nitrogens is 4. The molecule has 1 amide bonds. The lowest BCUT2D eigenvalue weighted by molar-refractivity contribution is -0.143. The molecule has 142 valence electrons. The van der Waals surface area contributed by atoms with Gasteiger partial charge in [0.25, 0.3) is 0 Å². The van der Waals surface area contributed by atoms with Crippen LogP contribution in [0, 0.1) is 0 Å². The lowest BCUT2D eigenvalue weighted by Gasteiger charge is -2.06. The number of nitrogens with one attached hydrogen (secondary N) is 1. The number of Topliss-reactive ketones (excluding diaryl/α,β-unsaturated/α-hetero) is 1. The Morgan fingerprint density at radius 1 is 1.32 bits per heavy atom. The summed E-state index contributed by atoms with van der Waals surface area (Å²) >= 11 is 1.46. The first-order valence-electron chi connectivity index (χ1n) is 8.46. The van der Waals surface area contributed by atoms with Crippen LogP contribution in [-0.4, -0.2) is 44.5 Å². The molecule has 0 unspecified atom stereocenters. The third-order valence-electron chi connectivity index (χ3n) is 4.32. The molecule has 0 aliphatic carbocycles. The van der Waals surface area contributed by atoms with Crippen molar-refractivity contribution < 1.29 is 19.1 Å². The Morgan fingerprint density at radius 3 is 2.96 bits per heavy atom.